The standard InChI is InChI=1S/C13H16O3/c1-8-4-5-9-10(14)6-11(16-3)12(15)13(9,2)7-8/h4,6,9H,5,7H2,1-3H3/t9-,13+/m1/s1. The SMILES string of the molecule is COC1=CC(=O)[C@H]2CC=C(C)C[C@]2(C)C1=O. The van der Waals surface area contributed by atoms with Crippen LogP contribution in [-0.4, -0.2) is 18.7 Å². The van der Waals surface area contributed by atoms with Crippen LogP contribution >= 0.6 is 0 Å². The number of hydrogen-bond donors (Lipinski definition) is 0. The van der Waals surface area contributed by atoms with Crippen molar-refractivity contribution >= 4 is 11.6 Å². The van der Waals surface area contributed by atoms with Crippen LogP contribution in [0.3, 0.4) is 0 Å². The molecule has 2 aliphatic carbocycles. The smallest absolute Gasteiger partial charge is 0.204 e. The molecular weight excluding hydrogens is 204 g/mol. The van der Waals surface area contributed by atoms with E-state index in [0.717, 1.165) is 0 Å². The highest BCUT2D eigenvalue weighted by atomic mass is 16.5. The van der Waals surface area contributed by atoms with Crippen LogP contribution in [0.15, 0.2) is 23.5 Å². The summed E-state index contributed by atoms with van der Waals surface area (Å²) in [5.41, 5.74) is 0.577. The molecule has 0 saturated carbocycles. The van der Waals surface area contributed by atoms with Gasteiger partial charge in [0.05, 0.1) is 7.11 Å². The third-order valence-corrected chi connectivity index (χ3v) is 3.70. The van der Waals surface area contributed by atoms with E-state index in [1.807, 2.05) is 13.8 Å². The quantitative estimate of drug-likeness (QED) is 0.635. The summed E-state index contributed by atoms with van der Waals surface area (Å²) in [7, 11) is 1.44. The minimum atomic E-state index is -0.601. The zero-order chi connectivity index (χ0) is 11.9. The Labute approximate surface area is 95.2 Å². The molecule has 0 aromatic carbocycles. The van der Waals surface area contributed by atoms with Crippen molar-refractivity contribution in [2.45, 2.75) is 26.7 Å². The predicted octanol–water partition coefficient (Wildman–Crippen LogP) is 2.03. The van der Waals surface area contributed by atoms with Gasteiger partial charge < -0.3 is 4.74 Å². The van der Waals surface area contributed by atoms with Gasteiger partial charge in [0.2, 0.25) is 5.78 Å². The van der Waals surface area contributed by atoms with Gasteiger partial charge in [-0.25, -0.2) is 0 Å². The van der Waals surface area contributed by atoms with Gasteiger partial charge in [0.1, 0.15) is 0 Å². The number of Topliss-reactive ketones (excluding diaryl/α,β-unsaturated/α-hetero) is 1. The number of allylic oxidation sites excluding steroid dienone is 4. The first kappa shape index (κ1) is 11.1. The molecule has 3 heteroatoms. The molecule has 16 heavy (non-hydrogen) atoms. The highest BCUT2D eigenvalue weighted by Gasteiger charge is 2.50. The highest BCUT2D eigenvalue weighted by Crippen LogP contribution is 2.46. The zero-order valence-electron chi connectivity index (χ0n) is 9.87. The molecule has 86 valence electrons. The average molecular weight is 220 g/mol. The van der Waals surface area contributed by atoms with Crippen LogP contribution in [-0.2, 0) is 14.3 Å². The first-order valence-electron chi connectivity index (χ1n) is 5.49. The van der Waals surface area contributed by atoms with E-state index in [4.69, 9.17) is 4.74 Å². The number of hydrogen-bond acceptors (Lipinski definition) is 3. The fourth-order valence-corrected chi connectivity index (χ4v) is 2.75. The topological polar surface area (TPSA) is 43.4 Å². The summed E-state index contributed by atoms with van der Waals surface area (Å²) in [4.78, 5) is 24.1. The van der Waals surface area contributed by atoms with Crippen molar-refractivity contribution in [3.63, 3.8) is 0 Å². The summed E-state index contributed by atoms with van der Waals surface area (Å²) in [6.45, 7) is 3.88. The van der Waals surface area contributed by atoms with Crippen molar-refractivity contribution in [2.75, 3.05) is 7.11 Å². The summed E-state index contributed by atoms with van der Waals surface area (Å²) >= 11 is 0. The maximum Gasteiger partial charge on any atom is 0.204 e. The molecule has 0 unspecified atom stereocenters. The molecule has 0 heterocycles. The summed E-state index contributed by atoms with van der Waals surface area (Å²) < 4.78 is 4.99. The minimum Gasteiger partial charge on any atom is -0.493 e. The molecule has 0 aromatic rings. The number of carbonyl (C=O) groups is 2. The van der Waals surface area contributed by atoms with E-state index in [2.05, 4.69) is 6.08 Å². The van der Waals surface area contributed by atoms with Crippen LogP contribution in [0, 0.1) is 11.3 Å². The van der Waals surface area contributed by atoms with Crippen molar-refractivity contribution in [1.82, 2.24) is 0 Å². The number of ether oxygens (including phenoxy) is 1. The maximum absolute atomic E-state index is 12.2. The monoisotopic (exact) mass is 220 g/mol. The summed E-state index contributed by atoms with van der Waals surface area (Å²) in [6, 6.07) is 0. The predicted molar refractivity (Wildman–Crippen MR) is 59.7 cm³/mol. The lowest BCUT2D eigenvalue weighted by Gasteiger charge is -2.40. The van der Waals surface area contributed by atoms with Gasteiger partial charge in [-0.2, -0.15) is 0 Å². The van der Waals surface area contributed by atoms with Gasteiger partial charge in [0.15, 0.2) is 11.5 Å². The first-order valence-corrected chi connectivity index (χ1v) is 5.49. The average Bonchev–Trinajstić information content (AvgIpc) is 2.23. The van der Waals surface area contributed by atoms with E-state index in [9.17, 15) is 9.59 Å². The Hall–Kier alpha value is -1.38. The number of carbonyl (C=O) groups excluding carboxylic acids is 2. The van der Waals surface area contributed by atoms with Gasteiger partial charge >= 0.3 is 0 Å². The lowest BCUT2D eigenvalue weighted by Crippen LogP contribution is -2.45. The second-order valence-corrected chi connectivity index (χ2v) is 4.88. The molecule has 0 bridgehead atoms. The van der Waals surface area contributed by atoms with Crippen LogP contribution in [0.5, 0.6) is 0 Å². The fourth-order valence-electron chi connectivity index (χ4n) is 2.75. The molecular formula is C13H16O3. The zero-order valence-corrected chi connectivity index (χ0v) is 9.87. The van der Waals surface area contributed by atoms with Gasteiger partial charge in [-0.1, -0.05) is 18.6 Å². The van der Waals surface area contributed by atoms with Gasteiger partial charge in [-0.05, 0) is 19.8 Å². The van der Waals surface area contributed by atoms with Gasteiger partial charge in [0.25, 0.3) is 0 Å². The molecule has 3 nitrogen and oxygen atoms in total. The molecule has 0 N–H and O–H groups in total. The normalized spacial score (nSPS) is 34.1. The fraction of sp³-hybridized carbons (Fsp3) is 0.538. The largest absolute Gasteiger partial charge is 0.493 e. The van der Waals surface area contributed by atoms with Crippen molar-refractivity contribution in [3.05, 3.63) is 23.5 Å². The molecule has 0 spiro atoms. The van der Waals surface area contributed by atoms with Crippen molar-refractivity contribution in [1.29, 1.82) is 0 Å². The molecule has 0 fully saturated rings. The van der Waals surface area contributed by atoms with E-state index in [0.29, 0.717) is 12.8 Å². The van der Waals surface area contributed by atoms with Gasteiger partial charge in [-0.15, -0.1) is 0 Å². The van der Waals surface area contributed by atoms with Crippen LogP contribution in [0.2, 0.25) is 0 Å². The van der Waals surface area contributed by atoms with Gasteiger partial charge in [-0.3, -0.25) is 9.59 Å². The Kier molecular flexibility index (Phi) is 2.49. The molecule has 2 atom stereocenters. The Bertz CT molecular complexity index is 417. The van der Waals surface area contributed by atoms with E-state index in [1.165, 1.54) is 18.8 Å². The third kappa shape index (κ3) is 1.42. The van der Waals surface area contributed by atoms with Gasteiger partial charge in [0, 0.05) is 17.4 Å². The molecule has 0 aliphatic heterocycles. The first-order chi connectivity index (χ1) is 7.49. The third-order valence-electron chi connectivity index (χ3n) is 3.70. The Balaban J connectivity index is 2.47. The second kappa shape index (κ2) is 3.58. The van der Waals surface area contributed by atoms with E-state index in [1.54, 1.807) is 0 Å². The second-order valence-electron chi connectivity index (χ2n) is 4.88. The number of rotatable bonds is 1. The Morgan fingerprint density at radius 2 is 2.12 bits per heavy atom. The van der Waals surface area contributed by atoms with Crippen molar-refractivity contribution < 1.29 is 14.3 Å². The molecule has 2 rings (SSSR count). The molecule has 0 radical (unpaired) electrons. The number of ketones is 2. The highest BCUT2D eigenvalue weighted by molar-refractivity contribution is 6.11. The number of fused-ring (bicyclic) bond motifs is 1. The maximum atomic E-state index is 12.2. The van der Waals surface area contributed by atoms with Crippen LogP contribution in [0.25, 0.3) is 0 Å². The summed E-state index contributed by atoms with van der Waals surface area (Å²) in [6.07, 6.45) is 4.73. The van der Waals surface area contributed by atoms with Crippen molar-refractivity contribution in [2.24, 2.45) is 11.3 Å². The minimum absolute atomic E-state index is 0.0164. The van der Waals surface area contributed by atoms with E-state index >= 15 is 0 Å². The summed E-state index contributed by atoms with van der Waals surface area (Å²) in [5, 5.41) is 0. The van der Waals surface area contributed by atoms with Crippen molar-refractivity contribution in [3.8, 4) is 0 Å². The lowest BCUT2D eigenvalue weighted by molar-refractivity contribution is -0.139. The van der Waals surface area contributed by atoms with Crippen LogP contribution < -0.4 is 0 Å². The number of methoxy groups -OCH3 is 1. The van der Waals surface area contributed by atoms with E-state index in [-0.39, 0.29) is 23.2 Å². The van der Waals surface area contributed by atoms with Crippen LogP contribution in [0.4, 0.5) is 0 Å². The Morgan fingerprint density at radius 1 is 1.44 bits per heavy atom. The molecule has 0 saturated heterocycles. The molecule has 0 amide bonds. The molecule has 2 aliphatic rings. The van der Waals surface area contributed by atoms with Crippen LogP contribution in [0.1, 0.15) is 26.7 Å². The molecule has 0 aromatic heterocycles. The lowest BCUT2D eigenvalue weighted by atomic mass is 9.61. The summed E-state index contributed by atoms with van der Waals surface area (Å²) in [5.74, 6) is -0.0178. The Morgan fingerprint density at radius 3 is 2.75 bits per heavy atom. The van der Waals surface area contributed by atoms with E-state index < -0.39 is 5.41 Å².